The van der Waals surface area contributed by atoms with E-state index in [0.717, 1.165) is 32.3 Å². The van der Waals surface area contributed by atoms with Crippen molar-refractivity contribution in [2.75, 3.05) is 13.2 Å². The van der Waals surface area contributed by atoms with Crippen molar-refractivity contribution >= 4 is 42.9 Å². The van der Waals surface area contributed by atoms with Crippen molar-refractivity contribution in [3.63, 3.8) is 0 Å². The summed E-state index contributed by atoms with van der Waals surface area (Å²) in [5, 5.41) is -0.0706. The monoisotopic (exact) mass is 372 g/mol. The van der Waals surface area contributed by atoms with Crippen LogP contribution in [0.5, 0.6) is 5.75 Å². The Morgan fingerprint density at radius 2 is 2.05 bits per heavy atom. The molecule has 1 saturated heterocycles. The molecule has 0 aromatic heterocycles. The van der Waals surface area contributed by atoms with Crippen molar-refractivity contribution < 1.29 is 17.9 Å². The Balaban J connectivity index is 1.93. The van der Waals surface area contributed by atoms with Crippen LogP contribution in [-0.4, -0.2) is 27.7 Å². The second kappa shape index (κ2) is 7.38. The van der Waals surface area contributed by atoms with Crippen LogP contribution in [0.15, 0.2) is 17.0 Å². The minimum Gasteiger partial charge on any atom is -0.492 e. The summed E-state index contributed by atoms with van der Waals surface area (Å²) in [5.74, 6) is 0.345. The molecule has 0 radical (unpaired) electrons. The molecule has 21 heavy (non-hydrogen) atoms. The fourth-order valence-electron chi connectivity index (χ4n) is 2.18. The Morgan fingerprint density at radius 3 is 2.67 bits per heavy atom. The molecule has 0 bridgehead atoms. The highest BCUT2D eigenvalue weighted by Crippen LogP contribution is 2.38. The van der Waals surface area contributed by atoms with Crippen LogP contribution in [0.4, 0.5) is 0 Å². The molecule has 0 amide bonds. The zero-order valence-corrected chi connectivity index (χ0v) is 14.2. The highest BCUT2D eigenvalue weighted by atomic mass is 35.7. The first-order chi connectivity index (χ1) is 9.89. The van der Waals surface area contributed by atoms with Gasteiger partial charge in [0.05, 0.1) is 17.7 Å². The minimum atomic E-state index is -3.93. The van der Waals surface area contributed by atoms with Gasteiger partial charge in [-0.25, -0.2) is 8.42 Å². The van der Waals surface area contributed by atoms with Gasteiger partial charge in [-0.2, -0.15) is 0 Å². The van der Waals surface area contributed by atoms with E-state index >= 15 is 0 Å². The van der Waals surface area contributed by atoms with E-state index in [0.29, 0.717) is 18.5 Å². The number of hydrogen-bond donors (Lipinski definition) is 0. The summed E-state index contributed by atoms with van der Waals surface area (Å²) in [5.41, 5.74) is 0. The average Bonchev–Trinajstić information content (AvgIpc) is 2.91. The van der Waals surface area contributed by atoms with E-state index in [2.05, 4.69) is 0 Å². The lowest BCUT2D eigenvalue weighted by Gasteiger charge is -2.12. The highest BCUT2D eigenvalue weighted by molar-refractivity contribution is 8.13. The first kappa shape index (κ1) is 17.2. The van der Waals surface area contributed by atoms with Crippen LogP contribution < -0.4 is 4.74 Å². The van der Waals surface area contributed by atoms with E-state index in [1.807, 2.05) is 0 Å². The Hall–Kier alpha value is -0.200. The molecule has 0 N–H and O–H groups in total. The summed E-state index contributed by atoms with van der Waals surface area (Å²) >= 11 is 11.9. The van der Waals surface area contributed by atoms with Crippen LogP contribution in [0.1, 0.15) is 25.7 Å². The molecule has 1 aliphatic heterocycles. The number of benzene rings is 1. The Kier molecular flexibility index (Phi) is 6.03. The number of rotatable bonds is 6. The van der Waals surface area contributed by atoms with Gasteiger partial charge in [0.2, 0.25) is 0 Å². The summed E-state index contributed by atoms with van der Waals surface area (Å²) < 4.78 is 33.6. The molecule has 1 atom stereocenters. The van der Waals surface area contributed by atoms with Gasteiger partial charge >= 0.3 is 0 Å². The highest BCUT2D eigenvalue weighted by Gasteiger charge is 2.20. The van der Waals surface area contributed by atoms with E-state index in [1.165, 1.54) is 12.1 Å². The van der Waals surface area contributed by atoms with E-state index < -0.39 is 9.05 Å². The van der Waals surface area contributed by atoms with Gasteiger partial charge in [0.1, 0.15) is 15.7 Å². The number of hydrogen-bond acceptors (Lipinski definition) is 4. The van der Waals surface area contributed by atoms with Gasteiger partial charge in [0.15, 0.2) is 0 Å². The van der Waals surface area contributed by atoms with Crippen molar-refractivity contribution in [2.45, 2.75) is 36.7 Å². The second-order valence-electron chi connectivity index (χ2n) is 4.75. The third kappa shape index (κ3) is 4.63. The molecule has 1 aliphatic rings. The molecule has 8 heteroatoms. The minimum absolute atomic E-state index is 0.0514. The number of halogens is 3. The third-order valence-electron chi connectivity index (χ3n) is 3.23. The quantitative estimate of drug-likeness (QED) is 0.552. The fourth-order valence-corrected chi connectivity index (χ4v) is 3.97. The lowest BCUT2D eigenvalue weighted by Crippen LogP contribution is -2.08. The Labute approximate surface area is 138 Å². The molecule has 4 nitrogen and oxygen atoms in total. The van der Waals surface area contributed by atoms with Crippen molar-refractivity contribution in [2.24, 2.45) is 0 Å². The SMILES string of the molecule is O=S(=O)(Cl)c1ccc(OCCCC2CCCO2)c(Cl)c1Cl. The van der Waals surface area contributed by atoms with Crippen molar-refractivity contribution in [1.82, 2.24) is 0 Å². The van der Waals surface area contributed by atoms with E-state index in [-0.39, 0.29) is 14.9 Å². The van der Waals surface area contributed by atoms with Gasteiger partial charge in [-0.15, -0.1) is 0 Å². The van der Waals surface area contributed by atoms with Gasteiger partial charge in [-0.05, 0) is 37.8 Å². The van der Waals surface area contributed by atoms with Crippen molar-refractivity contribution in [3.05, 3.63) is 22.2 Å². The Morgan fingerprint density at radius 1 is 1.29 bits per heavy atom. The lowest BCUT2D eigenvalue weighted by atomic mass is 10.1. The molecule has 118 valence electrons. The van der Waals surface area contributed by atoms with Crippen LogP contribution in [0.2, 0.25) is 10.0 Å². The van der Waals surface area contributed by atoms with Crippen molar-refractivity contribution in [3.8, 4) is 5.75 Å². The van der Waals surface area contributed by atoms with Gasteiger partial charge in [0.25, 0.3) is 9.05 Å². The van der Waals surface area contributed by atoms with Gasteiger partial charge in [0, 0.05) is 17.3 Å². The second-order valence-corrected chi connectivity index (χ2v) is 8.04. The van der Waals surface area contributed by atoms with Gasteiger partial charge in [-0.3, -0.25) is 0 Å². The molecule has 1 aromatic rings. The number of ether oxygens (including phenoxy) is 2. The molecule has 1 fully saturated rings. The molecule has 1 aromatic carbocycles. The topological polar surface area (TPSA) is 52.6 Å². The van der Waals surface area contributed by atoms with E-state index in [9.17, 15) is 8.42 Å². The van der Waals surface area contributed by atoms with E-state index in [4.69, 9.17) is 43.4 Å². The van der Waals surface area contributed by atoms with Crippen LogP contribution in [0, 0.1) is 0 Å². The molecular formula is C13H15Cl3O4S. The van der Waals surface area contributed by atoms with Crippen LogP contribution >= 0.6 is 33.9 Å². The summed E-state index contributed by atoms with van der Waals surface area (Å²) in [7, 11) is 1.34. The third-order valence-corrected chi connectivity index (χ3v) is 5.57. The predicted octanol–water partition coefficient (Wildman–Crippen LogP) is 4.26. The summed E-state index contributed by atoms with van der Waals surface area (Å²) in [4.78, 5) is -0.220. The summed E-state index contributed by atoms with van der Waals surface area (Å²) in [6, 6.07) is 2.74. The molecule has 2 rings (SSSR count). The largest absolute Gasteiger partial charge is 0.492 e. The molecule has 0 spiro atoms. The summed E-state index contributed by atoms with van der Waals surface area (Å²) in [6.45, 7) is 1.30. The first-order valence-electron chi connectivity index (χ1n) is 6.56. The standard InChI is InChI=1S/C13H15Cl3O4S/c14-12-10(5-6-11(13(12)15)21(16,17)18)20-8-2-4-9-3-1-7-19-9/h5-6,9H,1-4,7-8H2. The molecular weight excluding hydrogens is 359 g/mol. The van der Waals surface area contributed by atoms with Crippen LogP contribution in [-0.2, 0) is 13.8 Å². The lowest BCUT2D eigenvalue weighted by molar-refractivity contribution is 0.0981. The maximum Gasteiger partial charge on any atom is 0.262 e. The predicted molar refractivity (Wildman–Crippen MR) is 83.2 cm³/mol. The maximum atomic E-state index is 11.3. The fraction of sp³-hybridized carbons (Fsp3) is 0.538. The Bertz CT molecular complexity index is 598. The van der Waals surface area contributed by atoms with Crippen LogP contribution in [0.3, 0.4) is 0 Å². The smallest absolute Gasteiger partial charge is 0.262 e. The summed E-state index contributed by atoms with van der Waals surface area (Å²) in [6.07, 6.45) is 4.28. The van der Waals surface area contributed by atoms with Crippen molar-refractivity contribution in [1.29, 1.82) is 0 Å². The maximum absolute atomic E-state index is 11.3. The van der Waals surface area contributed by atoms with Gasteiger partial charge in [-0.1, -0.05) is 23.2 Å². The first-order valence-corrected chi connectivity index (χ1v) is 9.63. The average molecular weight is 374 g/mol. The molecule has 0 aliphatic carbocycles. The molecule has 1 heterocycles. The zero-order valence-electron chi connectivity index (χ0n) is 11.1. The normalized spacial score (nSPS) is 18.9. The van der Waals surface area contributed by atoms with Gasteiger partial charge < -0.3 is 9.47 Å². The zero-order chi connectivity index (χ0) is 15.5. The van der Waals surface area contributed by atoms with E-state index in [1.54, 1.807) is 0 Å². The molecule has 0 saturated carbocycles. The molecule has 1 unspecified atom stereocenters. The van der Waals surface area contributed by atoms with Crippen LogP contribution in [0.25, 0.3) is 0 Å².